The van der Waals surface area contributed by atoms with Gasteiger partial charge in [-0.1, -0.05) is 13.8 Å². The van der Waals surface area contributed by atoms with Crippen LogP contribution in [-0.4, -0.2) is 5.78 Å². The molecule has 2 aliphatic carbocycles. The summed E-state index contributed by atoms with van der Waals surface area (Å²) < 4.78 is 0. The molecule has 2 fully saturated rings. The largest absolute Gasteiger partial charge is 0.299 e. The molecule has 1 nitrogen and oxygen atoms in total. The number of carbonyl (C=O) groups is 1. The van der Waals surface area contributed by atoms with Gasteiger partial charge in [-0.25, -0.2) is 0 Å². The fourth-order valence-corrected chi connectivity index (χ4v) is 2.37. The molecule has 2 rings (SSSR count). The van der Waals surface area contributed by atoms with E-state index in [0.29, 0.717) is 23.0 Å². The lowest BCUT2D eigenvalue weighted by Gasteiger charge is -2.00. The average Bonchev–Trinajstić information content (AvgIpc) is 2.13. The third-order valence-corrected chi connectivity index (χ3v) is 3.40. The molecule has 0 spiro atoms. The predicted octanol–water partition coefficient (Wildman–Crippen LogP) is 1.62. The Labute approximate surface area is 55.4 Å². The highest BCUT2D eigenvalue weighted by molar-refractivity contribution is 5.88. The molecule has 0 aromatic heterocycles. The summed E-state index contributed by atoms with van der Waals surface area (Å²) in [6, 6.07) is 0. The van der Waals surface area contributed by atoms with Crippen molar-refractivity contribution in [3.8, 4) is 0 Å². The fraction of sp³-hybridized carbons (Fsp3) is 0.875. The normalized spacial score (nSPS) is 55.6. The van der Waals surface area contributed by atoms with Gasteiger partial charge in [0.15, 0.2) is 0 Å². The molecule has 1 heteroatoms. The van der Waals surface area contributed by atoms with Crippen LogP contribution in [0, 0.1) is 17.3 Å². The minimum absolute atomic E-state index is 0.442. The lowest BCUT2D eigenvalue weighted by atomic mass is 10.0. The summed E-state index contributed by atoms with van der Waals surface area (Å²) in [5, 5.41) is 0. The minimum Gasteiger partial charge on any atom is -0.299 e. The maximum absolute atomic E-state index is 11.0. The van der Waals surface area contributed by atoms with Gasteiger partial charge in [-0.2, -0.15) is 0 Å². The highest BCUT2D eigenvalue weighted by Crippen LogP contribution is 2.66. The first-order chi connectivity index (χ1) is 4.16. The average molecular weight is 124 g/mol. The van der Waals surface area contributed by atoms with Crippen molar-refractivity contribution in [2.75, 3.05) is 0 Å². The van der Waals surface area contributed by atoms with Crippen molar-refractivity contribution in [3.05, 3.63) is 0 Å². The molecular weight excluding hydrogens is 112 g/mol. The molecule has 0 N–H and O–H groups in total. The maximum atomic E-state index is 11.0. The summed E-state index contributed by atoms with van der Waals surface area (Å²) in [7, 11) is 0. The van der Waals surface area contributed by atoms with Gasteiger partial charge in [0.2, 0.25) is 0 Å². The molecule has 2 saturated carbocycles. The molecule has 2 aliphatic rings. The number of fused-ring (bicyclic) bond motifs is 1. The minimum atomic E-state index is 0.442. The van der Waals surface area contributed by atoms with Crippen molar-refractivity contribution < 1.29 is 4.79 Å². The molecular formula is C8H12O. The van der Waals surface area contributed by atoms with Crippen LogP contribution in [0.5, 0.6) is 0 Å². The topological polar surface area (TPSA) is 17.1 Å². The van der Waals surface area contributed by atoms with Gasteiger partial charge in [0.05, 0.1) is 0 Å². The number of rotatable bonds is 0. The van der Waals surface area contributed by atoms with E-state index in [1.165, 1.54) is 0 Å². The van der Waals surface area contributed by atoms with Crippen molar-refractivity contribution in [1.82, 2.24) is 0 Å². The van der Waals surface area contributed by atoms with Gasteiger partial charge in [0.1, 0.15) is 5.78 Å². The standard InChI is InChI=1S/C8H12O/c1-5-7-6(9)3-4-8(5,7)2/h5,7H,3-4H2,1-2H3/t5?,7-,8+/m0/s1. The summed E-state index contributed by atoms with van der Waals surface area (Å²) in [5.41, 5.74) is 0.442. The monoisotopic (exact) mass is 124 g/mol. The number of ketones is 1. The van der Waals surface area contributed by atoms with Crippen LogP contribution in [0.1, 0.15) is 26.7 Å². The maximum Gasteiger partial charge on any atom is 0.136 e. The molecule has 3 atom stereocenters. The highest BCUT2D eigenvalue weighted by atomic mass is 16.1. The van der Waals surface area contributed by atoms with E-state index in [1.807, 2.05) is 0 Å². The first-order valence-electron chi connectivity index (χ1n) is 3.69. The quantitative estimate of drug-likeness (QED) is 0.479. The Balaban J connectivity index is 2.27. The second kappa shape index (κ2) is 1.23. The molecule has 1 unspecified atom stereocenters. The van der Waals surface area contributed by atoms with Gasteiger partial charge >= 0.3 is 0 Å². The van der Waals surface area contributed by atoms with Gasteiger partial charge in [-0.15, -0.1) is 0 Å². The zero-order valence-electron chi connectivity index (χ0n) is 5.98. The van der Waals surface area contributed by atoms with E-state index in [2.05, 4.69) is 13.8 Å². The van der Waals surface area contributed by atoms with Crippen LogP contribution < -0.4 is 0 Å². The van der Waals surface area contributed by atoms with E-state index >= 15 is 0 Å². The van der Waals surface area contributed by atoms with E-state index in [-0.39, 0.29) is 0 Å². The van der Waals surface area contributed by atoms with Crippen LogP contribution in [-0.2, 0) is 4.79 Å². The van der Waals surface area contributed by atoms with Crippen molar-refractivity contribution in [2.24, 2.45) is 17.3 Å². The van der Waals surface area contributed by atoms with E-state index in [4.69, 9.17) is 0 Å². The smallest absolute Gasteiger partial charge is 0.136 e. The molecule has 0 amide bonds. The Kier molecular flexibility index (Phi) is 0.744. The summed E-state index contributed by atoms with van der Waals surface area (Å²) in [6.45, 7) is 4.44. The van der Waals surface area contributed by atoms with Crippen molar-refractivity contribution >= 4 is 5.78 Å². The Morgan fingerprint density at radius 3 is 2.56 bits per heavy atom. The number of hydrogen-bond acceptors (Lipinski definition) is 1. The van der Waals surface area contributed by atoms with Crippen molar-refractivity contribution in [2.45, 2.75) is 26.7 Å². The van der Waals surface area contributed by atoms with Crippen molar-refractivity contribution in [1.29, 1.82) is 0 Å². The van der Waals surface area contributed by atoms with Gasteiger partial charge < -0.3 is 0 Å². The summed E-state index contributed by atoms with van der Waals surface area (Å²) in [6.07, 6.45) is 2.00. The van der Waals surface area contributed by atoms with Gasteiger partial charge in [0, 0.05) is 12.3 Å². The van der Waals surface area contributed by atoms with Crippen LogP contribution in [0.15, 0.2) is 0 Å². The Hall–Kier alpha value is -0.330. The van der Waals surface area contributed by atoms with Crippen LogP contribution in [0.4, 0.5) is 0 Å². The van der Waals surface area contributed by atoms with Crippen molar-refractivity contribution in [3.63, 3.8) is 0 Å². The zero-order chi connectivity index (χ0) is 6.65. The predicted molar refractivity (Wildman–Crippen MR) is 35.0 cm³/mol. The Morgan fingerprint density at radius 2 is 2.33 bits per heavy atom. The lowest BCUT2D eigenvalue weighted by molar-refractivity contribution is -0.119. The third-order valence-electron chi connectivity index (χ3n) is 3.40. The number of Topliss-reactive ketones (excluding diaryl/α,β-unsaturated/α-hetero) is 1. The number of carbonyl (C=O) groups excluding carboxylic acids is 1. The summed E-state index contributed by atoms with van der Waals surface area (Å²) in [4.78, 5) is 11.0. The second-order valence-electron chi connectivity index (χ2n) is 3.74. The first-order valence-corrected chi connectivity index (χ1v) is 3.69. The molecule has 9 heavy (non-hydrogen) atoms. The molecule has 0 radical (unpaired) electrons. The fourth-order valence-electron chi connectivity index (χ4n) is 2.37. The highest BCUT2D eigenvalue weighted by Gasteiger charge is 2.64. The van der Waals surface area contributed by atoms with Gasteiger partial charge in [-0.05, 0) is 17.8 Å². The zero-order valence-corrected chi connectivity index (χ0v) is 5.98. The molecule has 0 saturated heterocycles. The molecule has 0 aromatic carbocycles. The molecule has 0 bridgehead atoms. The number of hydrogen-bond donors (Lipinski definition) is 0. The van der Waals surface area contributed by atoms with E-state index in [9.17, 15) is 4.79 Å². The molecule has 0 heterocycles. The first kappa shape index (κ1) is 5.45. The Bertz CT molecular complexity index is 173. The Morgan fingerprint density at radius 1 is 1.67 bits per heavy atom. The second-order valence-corrected chi connectivity index (χ2v) is 3.74. The van der Waals surface area contributed by atoms with Crippen LogP contribution in [0.25, 0.3) is 0 Å². The van der Waals surface area contributed by atoms with E-state index in [0.717, 1.165) is 12.8 Å². The van der Waals surface area contributed by atoms with E-state index < -0.39 is 0 Å². The third kappa shape index (κ3) is 0.440. The van der Waals surface area contributed by atoms with Crippen LogP contribution in [0.2, 0.25) is 0 Å². The molecule has 0 aliphatic heterocycles. The van der Waals surface area contributed by atoms with Crippen LogP contribution in [0.3, 0.4) is 0 Å². The van der Waals surface area contributed by atoms with Gasteiger partial charge in [0.25, 0.3) is 0 Å². The molecule has 0 aromatic rings. The SMILES string of the molecule is CC1[C@H]2C(=O)CC[C@]12C. The van der Waals surface area contributed by atoms with Gasteiger partial charge in [-0.3, -0.25) is 4.79 Å². The lowest BCUT2D eigenvalue weighted by Crippen LogP contribution is -1.96. The summed E-state index contributed by atoms with van der Waals surface area (Å²) >= 11 is 0. The van der Waals surface area contributed by atoms with E-state index in [1.54, 1.807) is 0 Å². The summed E-state index contributed by atoms with van der Waals surface area (Å²) in [5.74, 6) is 1.67. The molecule has 50 valence electrons. The van der Waals surface area contributed by atoms with Crippen LogP contribution >= 0.6 is 0 Å².